The Labute approximate surface area is 122 Å². The molecule has 2 N–H and O–H groups in total. The molecule has 2 heteroatoms. The summed E-state index contributed by atoms with van der Waals surface area (Å²) in [7, 11) is 0. The Morgan fingerprint density at radius 3 is 2.37 bits per heavy atom. The van der Waals surface area contributed by atoms with Crippen LogP contribution in [0.5, 0.6) is 0 Å². The number of aryl methyl sites for hydroxylation is 2. The van der Waals surface area contributed by atoms with E-state index in [0.29, 0.717) is 5.92 Å². The number of nitrogens with two attached hydrogens (primary N) is 1. The van der Waals surface area contributed by atoms with E-state index < -0.39 is 0 Å². The molecule has 0 radical (unpaired) electrons. The van der Waals surface area contributed by atoms with Crippen molar-refractivity contribution in [3.63, 3.8) is 0 Å². The van der Waals surface area contributed by atoms with Gasteiger partial charge in [0.25, 0.3) is 0 Å². The van der Waals surface area contributed by atoms with Gasteiger partial charge in [0, 0.05) is 11.1 Å². The Hall–Kier alpha value is -0.530. The quantitative estimate of drug-likeness (QED) is 0.820. The molecular weight excluding hydrogens is 254 g/mol. The summed E-state index contributed by atoms with van der Waals surface area (Å²) in [5, 5.41) is 0.970. The number of benzene rings is 1. The normalized spacial score (nSPS) is 17.9. The lowest BCUT2D eigenvalue weighted by Crippen LogP contribution is -2.16. The van der Waals surface area contributed by atoms with Crippen molar-refractivity contribution in [2.75, 3.05) is 0 Å². The molecule has 1 aliphatic carbocycles. The summed E-state index contributed by atoms with van der Waals surface area (Å²) in [6.07, 6.45) is 8.42. The highest BCUT2D eigenvalue weighted by molar-refractivity contribution is 6.31. The first-order valence-corrected chi connectivity index (χ1v) is 8.06. The lowest BCUT2D eigenvalue weighted by Gasteiger charge is -2.23. The van der Waals surface area contributed by atoms with Crippen molar-refractivity contribution in [3.05, 3.63) is 33.8 Å². The maximum atomic E-state index is 6.52. The molecule has 0 spiro atoms. The molecule has 0 bridgehead atoms. The van der Waals surface area contributed by atoms with Gasteiger partial charge in [-0.05, 0) is 80.5 Å². The van der Waals surface area contributed by atoms with E-state index in [1.54, 1.807) is 0 Å². The number of hydrogen-bond donors (Lipinski definition) is 1. The summed E-state index contributed by atoms with van der Waals surface area (Å²) in [4.78, 5) is 0. The smallest absolute Gasteiger partial charge is 0.0443 e. The van der Waals surface area contributed by atoms with Gasteiger partial charge in [0.05, 0.1) is 0 Å². The molecule has 19 heavy (non-hydrogen) atoms. The third kappa shape index (κ3) is 3.73. The summed E-state index contributed by atoms with van der Waals surface area (Å²) < 4.78 is 0. The largest absolute Gasteiger partial charge is 0.328 e. The molecule has 0 amide bonds. The Kier molecular flexibility index (Phi) is 5.29. The molecule has 1 aromatic rings. The minimum Gasteiger partial charge on any atom is -0.328 e. The van der Waals surface area contributed by atoms with E-state index in [4.69, 9.17) is 17.3 Å². The zero-order valence-corrected chi connectivity index (χ0v) is 13.0. The average Bonchev–Trinajstić information content (AvgIpc) is 2.39. The molecule has 0 fully saturated rings. The van der Waals surface area contributed by atoms with Crippen LogP contribution < -0.4 is 5.73 Å². The van der Waals surface area contributed by atoms with Crippen molar-refractivity contribution in [2.24, 2.45) is 5.73 Å². The Morgan fingerprint density at radius 1 is 1.16 bits per heavy atom. The minimum atomic E-state index is 0.283. The summed E-state index contributed by atoms with van der Waals surface area (Å²) in [5.74, 6) is 0.561. The second kappa shape index (κ2) is 6.76. The minimum absolute atomic E-state index is 0.283. The van der Waals surface area contributed by atoms with Crippen molar-refractivity contribution in [2.45, 2.75) is 70.8 Å². The van der Waals surface area contributed by atoms with E-state index in [2.05, 4.69) is 26.0 Å². The number of halogens is 1. The monoisotopic (exact) mass is 279 g/mol. The molecule has 0 aromatic heterocycles. The molecule has 0 heterocycles. The maximum Gasteiger partial charge on any atom is 0.0443 e. The van der Waals surface area contributed by atoms with Crippen LogP contribution in [0.4, 0.5) is 0 Å². The van der Waals surface area contributed by atoms with Gasteiger partial charge in [-0.3, -0.25) is 0 Å². The second-order valence-corrected chi connectivity index (χ2v) is 6.42. The molecule has 0 saturated carbocycles. The molecule has 2 rings (SSSR count). The van der Waals surface area contributed by atoms with Crippen LogP contribution >= 0.6 is 11.6 Å². The highest BCUT2D eigenvalue weighted by atomic mass is 35.5. The van der Waals surface area contributed by atoms with Crippen LogP contribution in [-0.2, 0) is 12.8 Å². The molecule has 1 nitrogen and oxygen atoms in total. The van der Waals surface area contributed by atoms with Crippen LogP contribution in [0.3, 0.4) is 0 Å². The van der Waals surface area contributed by atoms with Gasteiger partial charge in [-0.2, -0.15) is 0 Å². The predicted molar refractivity (Wildman–Crippen MR) is 84.0 cm³/mol. The zero-order valence-electron chi connectivity index (χ0n) is 12.2. The van der Waals surface area contributed by atoms with Crippen molar-refractivity contribution in [1.82, 2.24) is 0 Å². The fourth-order valence-electron chi connectivity index (χ4n) is 3.13. The number of fused-ring (bicyclic) bond motifs is 1. The van der Waals surface area contributed by atoms with Crippen molar-refractivity contribution >= 4 is 11.6 Å². The van der Waals surface area contributed by atoms with E-state index in [1.165, 1.54) is 42.4 Å². The van der Waals surface area contributed by atoms with Gasteiger partial charge in [0.1, 0.15) is 0 Å². The fraction of sp³-hybridized carbons (Fsp3) is 0.647. The van der Waals surface area contributed by atoms with Crippen LogP contribution in [0.1, 0.15) is 68.6 Å². The zero-order chi connectivity index (χ0) is 13.8. The van der Waals surface area contributed by atoms with Crippen LogP contribution in [0, 0.1) is 0 Å². The second-order valence-electron chi connectivity index (χ2n) is 6.01. The highest BCUT2D eigenvalue weighted by Crippen LogP contribution is 2.35. The van der Waals surface area contributed by atoms with Gasteiger partial charge < -0.3 is 5.73 Å². The summed E-state index contributed by atoms with van der Waals surface area (Å²) in [6.45, 7) is 4.34. The van der Waals surface area contributed by atoms with E-state index in [9.17, 15) is 0 Å². The lowest BCUT2D eigenvalue weighted by atomic mass is 9.85. The Balaban J connectivity index is 2.21. The summed E-state index contributed by atoms with van der Waals surface area (Å²) >= 11 is 6.52. The van der Waals surface area contributed by atoms with Crippen molar-refractivity contribution < 1.29 is 0 Å². The maximum absolute atomic E-state index is 6.52. The SMILES string of the molecule is CCC(CCC(C)N)c1cc2c(cc1Cl)CCCC2. The van der Waals surface area contributed by atoms with Gasteiger partial charge in [-0.1, -0.05) is 24.6 Å². The number of rotatable bonds is 5. The Morgan fingerprint density at radius 2 is 1.79 bits per heavy atom. The van der Waals surface area contributed by atoms with Crippen LogP contribution in [-0.4, -0.2) is 6.04 Å². The molecule has 106 valence electrons. The molecule has 1 aromatic carbocycles. The molecular formula is C17H26ClN. The number of hydrogen-bond acceptors (Lipinski definition) is 1. The first-order valence-electron chi connectivity index (χ1n) is 7.68. The standard InChI is InChI=1S/C17H26ClN/c1-3-13(9-8-12(2)19)16-10-14-6-4-5-7-15(14)11-17(16)18/h10-13H,3-9,19H2,1-2H3. The summed E-state index contributed by atoms with van der Waals surface area (Å²) in [5.41, 5.74) is 10.2. The van der Waals surface area contributed by atoms with E-state index >= 15 is 0 Å². The van der Waals surface area contributed by atoms with E-state index in [0.717, 1.165) is 24.3 Å². The first kappa shape index (κ1) is 14.9. The fourth-order valence-corrected chi connectivity index (χ4v) is 3.47. The van der Waals surface area contributed by atoms with Crippen LogP contribution in [0.2, 0.25) is 5.02 Å². The van der Waals surface area contributed by atoms with E-state index in [-0.39, 0.29) is 6.04 Å². The molecule has 1 aliphatic rings. The topological polar surface area (TPSA) is 26.0 Å². The van der Waals surface area contributed by atoms with E-state index in [1.807, 2.05) is 0 Å². The molecule has 0 aliphatic heterocycles. The van der Waals surface area contributed by atoms with Crippen molar-refractivity contribution in [1.29, 1.82) is 0 Å². The van der Waals surface area contributed by atoms with Gasteiger partial charge in [0.15, 0.2) is 0 Å². The van der Waals surface area contributed by atoms with Gasteiger partial charge >= 0.3 is 0 Å². The highest BCUT2D eigenvalue weighted by Gasteiger charge is 2.18. The third-order valence-corrected chi connectivity index (χ3v) is 4.69. The molecule has 0 saturated heterocycles. The third-order valence-electron chi connectivity index (χ3n) is 4.36. The molecule has 2 unspecified atom stereocenters. The predicted octanol–water partition coefficient (Wildman–Crippen LogP) is 4.84. The lowest BCUT2D eigenvalue weighted by molar-refractivity contribution is 0.531. The first-order chi connectivity index (χ1) is 9.11. The summed E-state index contributed by atoms with van der Waals surface area (Å²) in [6, 6.07) is 4.89. The van der Waals surface area contributed by atoms with Crippen molar-refractivity contribution in [3.8, 4) is 0 Å². The van der Waals surface area contributed by atoms with Gasteiger partial charge in [0.2, 0.25) is 0 Å². The van der Waals surface area contributed by atoms with Gasteiger partial charge in [-0.15, -0.1) is 0 Å². The van der Waals surface area contributed by atoms with Crippen LogP contribution in [0.15, 0.2) is 12.1 Å². The average molecular weight is 280 g/mol. The van der Waals surface area contributed by atoms with Crippen LogP contribution in [0.25, 0.3) is 0 Å². The van der Waals surface area contributed by atoms with Gasteiger partial charge in [-0.25, -0.2) is 0 Å². The molecule has 2 atom stereocenters. The Bertz CT molecular complexity index is 426.